The summed E-state index contributed by atoms with van der Waals surface area (Å²) in [5.41, 5.74) is 3.93. The van der Waals surface area contributed by atoms with Crippen LogP contribution in [0.5, 0.6) is 6.01 Å². The van der Waals surface area contributed by atoms with Crippen molar-refractivity contribution in [3.8, 4) is 6.01 Å². The number of aromatic nitrogens is 4. The number of imidazole rings is 1. The lowest BCUT2D eigenvalue weighted by Crippen LogP contribution is -2.43. The minimum absolute atomic E-state index is 0.191. The molecule has 5 heterocycles. The standard InChI is InChI=1S/C30H33ClFN7O/c1-19-14-38-18-33-28(31)26(38)16-39(19)29-22-11-13-37(25-10-4-7-20-6-3-9-23(32)27(20)25)15-24(22)34-30(35-29)40-17-21-8-5-12-36(21)2/h3-4,6-7,9-10,18-19,21H,5,8,11-17H2,1-2H3/t19-,21-/m1/s1. The average molecular weight is 562 g/mol. The van der Waals surface area contributed by atoms with Gasteiger partial charge in [-0.15, -0.1) is 0 Å². The molecule has 1 saturated heterocycles. The molecule has 1 fully saturated rings. The van der Waals surface area contributed by atoms with E-state index in [-0.39, 0.29) is 11.9 Å². The lowest BCUT2D eigenvalue weighted by molar-refractivity contribution is 0.187. The van der Waals surface area contributed by atoms with Gasteiger partial charge >= 0.3 is 6.01 Å². The largest absolute Gasteiger partial charge is 0.462 e. The number of fused-ring (bicyclic) bond motifs is 3. The highest BCUT2D eigenvalue weighted by molar-refractivity contribution is 6.30. The van der Waals surface area contributed by atoms with Gasteiger partial charge in [0.25, 0.3) is 0 Å². The molecule has 10 heteroatoms. The predicted molar refractivity (Wildman–Crippen MR) is 155 cm³/mol. The van der Waals surface area contributed by atoms with E-state index in [9.17, 15) is 0 Å². The molecule has 208 valence electrons. The Hall–Kier alpha value is -3.43. The van der Waals surface area contributed by atoms with Crippen molar-refractivity contribution in [3.63, 3.8) is 0 Å². The Morgan fingerprint density at radius 2 is 1.95 bits per heavy atom. The van der Waals surface area contributed by atoms with Gasteiger partial charge in [0, 0.05) is 41.8 Å². The number of nitrogens with zero attached hydrogens (tertiary/aromatic N) is 7. The maximum Gasteiger partial charge on any atom is 0.318 e. The summed E-state index contributed by atoms with van der Waals surface area (Å²) in [4.78, 5) is 21.2. The van der Waals surface area contributed by atoms with Crippen molar-refractivity contribution >= 4 is 33.9 Å². The third-order valence-corrected chi connectivity index (χ3v) is 9.07. The van der Waals surface area contributed by atoms with Crippen molar-refractivity contribution in [1.82, 2.24) is 24.4 Å². The molecular weight excluding hydrogens is 529 g/mol. The molecule has 0 N–H and O–H groups in total. The number of hydrogen-bond donors (Lipinski definition) is 0. The number of likely N-dealkylation sites (tertiary alicyclic amines) is 1. The summed E-state index contributed by atoms with van der Waals surface area (Å²) in [6.45, 7) is 6.53. The fourth-order valence-electron chi connectivity index (χ4n) is 6.48. The van der Waals surface area contributed by atoms with E-state index in [2.05, 4.69) is 38.2 Å². The van der Waals surface area contributed by atoms with Crippen molar-refractivity contribution in [1.29, 1.82) is 0 Å². The highest BCUT2D eigenvalue weighted by atomic mass is 35.5. The van der Waals surface area contributed by atoms with Gasteiger partial charge in [-0.25, -0.2) is 9.37 Å². The second-order valence-corrected chi connectivity index (χ2v) is 11.6. The molecule has 2 aromatic heterocycles. The summed E-state index contributed by atoms with van der Waals surface area (Å²) >= 11 is 6.46. The fraction of sp³-hybridized carbons (Fsp3) is 0.433. The molecule has 0 spiro atoms. The molecule has 0 amide bonds. The number of likely N-dealkylation sites (N-methyl/N-ethyl adjacent to an activating group) is 1. The molecule has 0 radical (unpaired) electrons. The molecule has 2 atom stereocenters. The Balaban J connectivity index is 1.26. The Morgan fingerprint density at radius 1 is 1.10 bits per heavy atom. The quantitative estimate of drug-likeness (QED) is 0.337. The van der Waals surface area contributed by atoms with Gasteiger partial charge in [0.2, 0.25) is 0 Å². The van der Waals surface area contributed by atoms with Crippen molar-refractivity contribution in [2.24, 2.45) is 0 Å². The monoisotopic (exact) mass is 561 g/mol. The second-order valence-electron chi connectivity index (χ2n) is 11.2. The summed E-state index contributed by atoms with van der Waals surface area (Å²) in [6, 6.07) is 12.2. The average Bonchev–Trinajstić information content (AvgIpc) is 3.54. The van der Waals surface area contributed by atoms with Crippen LogP contribution in [0.4, 0.5) is 15.9 Å². The Bertz CT molecular complexity index is 1570. The third-order valence-electron chi connectivity index (χ3n) is 8.75. The van der Waals surface area contributed by atoms with Crippen LogP contribution in [0, 0.1) is 5.82 Å². The highest BCUT2D eigenvalue weighted by Gasteiger charge is 2.32. The van der Waals surface area contributed by atoms with Crippen molar-refractivity contribution in [3.05, 3.63) is 70.6 Å². The van der Waals surface area contributed by atoms with E-state index < -0.39 is 0 Å². The number of hydrogen-bond acceptors (Lipinski definition) is 7. The molecule has 0 saturated carbocycles. The van der Waals surface area contributed by atoms with Gasteiger partial charge in [0.1, 0.15) is 18.2 Å². The van der Waals surface area contributed by atoms with E-state index in [1.807, 2.05) is 30.6 Å². The summed E-state index contributed by atoms with van der Waals surface area (Å²) < 4.78 is 23.4. The second kappa shape index (κ2) is 10.2. The van der Waals surface area contributed by atoms with Crippen molar-refractivity contribution in [2.45, 2.75) is 57.9 Å². The smallest absolute Gasteiger partial charge is 0.318 e. The number of rotatable bonds is 5. The van der Waals surface area contributed by atoms with Crippen LogP contribution in [-0.2, 0) is 26.1 Å². The Labute approximate surface area is 238 Å². The zero-order chi connectivity index (χ0) is 27.4. The first kappa shape index (κ1) is 25.5. The lowest BCUT2D eigenvalue weighted by Gasteiger charge is -2.39. The zero-order valence-electron chi connectivity index (χ0n) is 22.9. The molecule has 3 aliphatic heterocycles. The summed E-state index contributed by atoms with van der Waals surface area (Å²) in [7, 11) is 2.14. The molecule has 0 bridgehead atoms. The topological polar surface area (TPSA) is 62.6 Å². The van der Waals surface area contributed by atoms with Gasteiger partial charge in [-0.2, -0.15) is 9.97 Å². The van der Waals surface area contributed by atoms with E-state index >= 15 is 4.39 Å². The van der Waals surface area contributed by atoms with E-state index in [1.54, 1.807) is 6.07 Å². The Kier molecular flexibility index (Phi) is 6.51. The van der Waals surface area contributed by atoms with Gasteiger partial charge in [0.05, 0.1) is 30.8 Å². The molecule has 0 aliphatic carbocycles. The van der Waals surface area contributed by atoms with Crippen LogP contribution >= 0.6 is 11.6 Å². The van der Waals surface area contributed by atoms with Crippen molar-refractivity contribution in [2.75, 3.05) is 36.5 Å². The normalized spacial score (nSPS) is 21.1. The molecule has 4 aromatic rings. The van der Waals surface area contributed by atoms with Crippen LogP contribution in [0.2, 0.25) is 5.15 Å². The molecule has 3 aliphatic rings. The molecular formula is C30H33ClFN7O. The first-order valence-electron chi connectivity index (χ1n) is 14.1. The SMILES string of the molecule is C[C@@H]1Cn2cnc(Cl)c2CN1c1nc(OC[C@H]2CCCN2C)nc2c1CCN(c1cccc3cccc(F)c13)C2. The maximum absolute atomic E-state index is 15.0. The maximum atomic E-state index is 15.0. The number of anilines is 2. The molecule has 8 nitrogen and oxygen atoms in total. The Morgan fingerprint density at radius 3 is 2.77 bits per heavy atom. The summed E-state index contributed by atoms with van der Waals surface area (Å²) in [5.74, 6) is 0.696. The molecule has 0 unspecified atom stereocenters. The fourth-order valence-corrected chi connectivity index (χ4v) is 6.69. The van der Waals surface area contributed by atoms with E-state index in [0.29, 0.717) is 42.3 Å². The van der Waals surface area contributed by atoms with Gasteiger partial charge in [-0.1, -0.05) is 35.9 Å². The van der Waals surface area contributed by atoms with Gasteiger partial charge < -0.3 is 24.0 Å². The minimum atomic E-state index is -0.206. The molecule has 7 rings (SSSR count). The van der Waals surface area contributed by atoms with Crippen LogP contribution in [0.25, 0.3) is 10.8 Å². The van der Waals surface area contributed by atoms with Gasteiger partial charge in [0.15, 0.2) is 5.15 Å². The summed E-state index contributed by atoms with van der Waals surface area (Å²) in [5, 5.41) is 2.08. The minimum Gasteiger partial charge on any atom is -0.462 e. The highest BCUT2D eigenvalue weighted by Crippen LogP contribution is 2.37. The van der Waals surface area contributed by atoms with Crippen LogP contribution in [0.15, 0.2) is 42.7 Å². The zero-order valence-corrected chi connectivity index (χ0v) is 23.6. The predicted octanol–water partition coefficient (Wildman–Crippen LogP) is 5.06. The van der Waals surface area contributed by atoms with E-state index in [0.717, 1.165) is 66.3 Å². The van der Waals surface area contributed by atoms with E-state index in [4.69, 9.17) is 26.3 Å². The first-order chi connectivity index (χ1) is 19.5. The van der Waals surface area contributed by atoms with Crippen LogP contribution < -0.4 is 14.5 Å². The third kappa shape index (κ3) is 4.45. The van der Waals surface area contributed by atoms with Gasteiger partial charge in [-0.05, 0) is 57.3 Å². The number of benzene rings is 2. The lowest BCUT2D eigenvalue weighted by atomic mass is 10.0. The van der Waals surface area contributed by atoms with Gasteiger partial charge in [-0.3, -0.25) is 0 Å². The van der Waals surface area contributed by atoms with Crippen LogP contribution in [0.3, 0.4) is 0 Å². The summed E-state index contributed by atoms with van der Waals surface area (Å²) in [6.07, 6.45) is 4.85. The van der Waals surface area contributed by atoms with Crippen molar-refractivity contribution < 1.29 is 9.13 Å². The first-order valence-corrected chi connectivity index (χ1v) is 14.4. The number of ether oxygens (including phenoxy) is 1. The van der Waals surface area contributed by atoms with Crippen LogP contribution in [-0.4, -0.2) is 63.2 Å². The van der Waals surface area contributed by atoms with Crippen LogP contribution in [0.1, 0.15) is 36.7 Å². The molecule has 2 aromatic carbocycles. The number of halogens is 2. The molecule has 40 heavy (non-hydrogen) atoms. The van der Waals surface area contributed by atoms with E-state index in [1.165, 1.54) is 12.5 Å².